The van der Waals surface area contributed by atoms with Crippen molar-refractivity contribution in [3.63, 3.8) is 0 Å². The molecule has 144 valence electrons. The zero-order chi connectivity index (χ0) is 19.9. The first-order valence-corrected chi connectivity index (χ1v) is 9.87. The van der Waals surface area contributed by atoms with Gasteiger partial charge in [-0.3, -0.25) is 9.59 Å². The molecule has 5 nitrogen and oxygen atoms in total. The van der Waals surface area contributed by atoms with Crippen LogP contribution in [0.3, 0.4) is 0 Å². The highest BCUT2D eigenvalue weighted by Crippen LogP contribution is 2.17. The van der Waals surface area contributed by atoms with Crippen LogP contribution in [-0.2, 0) is 0 Å². The number of rotatable bonds is 7. The third-order valence-electron chi connectivity index (χ3n) is 4.41. The number of nitrogens with one attached hydrogen (secondary N) is 2. The van der Waals surface area contributed by atoms with Crippen LogP contribution >= 0.6 is 11.3 Å². The molecule has 3 aromatic rings. The molecule has 0 bridgehead atoms. The second-order valence-electron chi connectivity index (χ2n) is 6.61. The maximum Gasteiger partial charge on any atom is 0.265 e. The van der Waals surface area contributed by atoms with E-state index in [0.29, 0.717) is 22.7 Å². The number of amides is 2. The van der Waals surface area contributed by atoms with Crippen molar-refractivity contribution >= 4 is 28.8 Å². The Balaban J connectivity index is 1.59. The Labute approximate surface area is 169 Å². The Morgan fingerprint density at radius 2 is 1.64 bits per heavy atom. The molecule has 0 saturated heterocycles. The van der Waals surface area contributed by atoms with E-state index in [1.807, 2.05) is 43.7 Å². The Bertz CT molecular complexity index is 907. The fourth-order valence-electron chi connectivity index (χ4n) is 2.87. The molecule has 1 aromatic heterocycles. The molecule has 0 aliphatic heterocycles. The summed E-state index contributed by atoms with van der Waals surface area (Å²) >= 11 is 1.39. The van der Waals surface area contributed by atoms with Crippen LogP contribution in [0.25, 0.3) is 0 Å². The zero-order valence-electron chi connectivity index (χ0n) is 15.9. The number of hydrogen-bond acceptors (Lipinski definition) is 4. The third-order valence-corrected chi connectivity index (χ3v) is 5.28. The van der Waals surface area contributed by atoms with Gasteiger partial charge in [0.1, 0.15) is 0 Å². The molecule has 2 aromatic carbocycles. The Morgan fingerprint density at radius 1 is 0.929 bits per heavy atom. The molecular weight excluding hydrogens is 370 g/mol. The van der Waals surface area contributed by atoms with Crippen LogP contribution in [0.1, 0.15) is 31.6 Å². The van der Waals surface area contributed by atoms with Crippen molar-refractivity contribution in [2.45, 2.75) is 6.04 Å². The SMILES string of the molecule is CN(C)[C@H](CNC(=O)c1ccc(NC(=O)c2cccs2)cc1)c1ccccc1. The maximum absolute atomic E-state index is 12.5. The van der Waals surface area contributed by atoms with Gasteiger partial charge in [-0.2, -0.15) is 0 Å². The summed E-state index contributed by atoms with van der Waals surface area (Å²) in [7, 11) is 3.99. The van der Waals surface area contributed by atoms with Gasteiger partial charge in [0.15, 0.2) is 0 Å². The Morgan fingerprint density at radius 3 is 2.25 bits per heavy atom. The summed E-state index contributed by atoms with van der Waals surface area (Å²) < 4.78 is 0. The number of hydrogen-bond donors (Lipinski definition) is 2. The average Bonchev–Trinajstić information content (AvgIpc) is 3.24. The third kappa shape index (κ3) is 5.06. The standard InChI is InChI=1S/C22H23N3O2S/c1-25(2)19(16-7-4-3-5-8-16)15-23-21(26)17-10-12-18(13-11-17)24-22(27)20-9-6-14-28-20/h3-14,19H,15H2,1-2H3,(H,23,26)(H,24,27)/t19-/m1/s1. The molecule has 0 aliphatic carbocycles. The smallest absolute Gasteiger partial charge is 0.265 e. The normalized spacial score (nSPS) is 11.8. The molecule has 1 atom stereocenters. The molecule has 0 unspecified atom stereocenters. The lowest BCUT2D eigenvalue weighted by molar-refractivity contribution is 0.0941. The fraction of sp³-hybridized carbons (Fsp3) is 0.182. The lowest BCUT2D eigenvalue weighted by Crippen LogP contribution is -2.34. The number of likely N-dealkylation sites (N-methyl/N-ethyl adjacent to an activating group) is 1. The predicted octanol–water partition coefficient (Wildman–Crippen LogP) is 4.03. The van der Waals surface area contributed by atoms with Crippen molar-refractivity contribution in [2.24, 2.45) is 0 Å². The van der Waals surface area contributed by atoms with Crippen molar-refractivity contribution in [3.05, 3.63) is 88.1 Å². The van der Waals surface area contributed by atoms with E-state index < -0.39 is 0 Å². The summed E-state index contributed by atoms with van der Waals surface area (Å²) in [6.45, 7) is 0.507. The van der Waals surface area contributed by atoms with Crippen molar-refractivity contribution in [2.75, 3.05) is 26.0 Å². The highest BCUT2D eigenvalue weighted by atomic mass is 32.1. The molecule has 0 spiro atoms. The molecule has 0 radical (unpaired) electrons. The first-order chi connectivity index (χ1) is 13.5. The van der Waals surface area contributed by atoms with E-state index in [9.17, 15) is 9.59 Å². The minimum atomic E-state index is -0.149. The average molecular weight is 394 g/mol. The number of anilines is 1. The van der Waals surface area contributed by atoms with Gasteiger partial charge in [-0.25, -0.2) is 0 Å². The van der Waals surface area contributed by atoms with Gasteiger partial charge >= 0.3 is 0 Å². The van der Waals surface area contributed by atoms with Crippen LogP contribution in [0.15, 0.2) is 72.1 Å². The molecule has 3 rings (SSSR count). The minimum Gasteiger partial charge on any atom is -0.350 e. The zero-order valence-corrected chi connectivity index (χ0v) is 16.7. The van der Waals surface area contributed by atoms with E-state index in [2.05, 4.69) is 27.7 Å². The molecular formula is C22H23N3O2S. The van der Waals surface area contributed by atoms with E-state index in [1.54, 1.807) is 30.3 Å². The summed E-state index contributed by atoms with van der Waals surface area (Å²) in [5.41, 5.74) is 2.37. The van der Waals surface area contributed by atoms with Gasteiger partial charge in [-0.15, -0.1) is 11.3 Å². The second kappa shape index (κ2) is 9.30. The lowest BCUT2D eigenvalue weighted by atomic mass is 10.1. The highest BCUT2D eigenvalue weighted by Gasteiger charge is 2.15. The monoisotopic (exact) mass is 393 g/mol. The molecule has 28 heavy (non-hydrogen) atoms. The second-order valence-corrected chi connectivity index (χ2v) is 7.56. The first-order valence-electron chi connectivity index (χ1n) is 8.99. The van der Waals surface area contributed by atoms with Gasteiger partial charge in [-0.1, -0.05) is 36.4 Å². The first kappa shape index (κ1) is 19.8. The van der Waals surface area contributed by atoms with Crippen LogP contribution in [0, 0.1) is 0 Å². The molecule has 0 saturated carbocycles. The van der Waals surface area contributed by atoms with Gasteiger partial charge in [0.25, 0.3) is 11.8 Å². The molecule has 2 N–H and O–H groups in total. The van der Waals surface area contributed by atoms with Gasteiger partial charge in [0.05, 0.1) is 10.9 Å². The highest BCUT2D eigenvalue weighted by molar-refractivity contribution is 7.12. The van der Waals surface area contributed by atoms with E-state index in [0.717, 1.165) is 5.56 Å². The van der Waals surface area contributed by atoms with E-state index in [4.69, 9.17) is 0 Å². The topological polar surface area (TPSA) is 61.4 Å². The maximum atomic E-state index is 12.5. The number of carbonyl (C=O) groups excluding carboxylic acids is 2. The van der Waals surface area contributed by atoms with Gasteiger partial charge < -0.3 is 15.5 Å². The van der Waals surface area contributed by atoms with Gasteiger partial charge in [-0.05, 0) is 55.4 Å². The van der Waals surface area contributed by atoms with Crippen LogP contribution in [0.5, 0.6) is 0 Å². The number of thiophene rings is 1. The summed E-state index contributed by atoms with van der Waals surface area (Å²) in [4.78, 5) is 27.3. The van der Waals surface area contributed by atoms with Gasteiger partial charge in [0, 0.05) is 17.8 Å². The summed E-state index contributed by atoms with van der Waals surface area (Å²) in [5, 5.41) is 7.69. The van der Waals surface area contributed by atoms with Crippen molar-refractivity contribution in [1.82, 2.24) is 10.2 Å². The quantitative estimate of drug-likeness (QED) is 0.637. The Hall–Kier alpha value is -2.96. The summed E-state index contributed by atoms with van der Waals surface area (Å²) in [5.74, 6) is -0.289. The largest absolute Gasteiger partial charge is 0.350 e. The van der Waals surface area contributed by atoms with Crippen molar-refractivity contribution in [1.29, 1.82) is 0 Å². The van der Waals surface area contributed by atoms with Gasteiger partial charge in [0.2, 0.25) is 0 Å². The van der Waals surface area contributed by atoms with E-state index >= 15 is 0 Å². The summed E-state index contributed by atoms with van der Waals surface area (Å²) in [6, 6.07) is 20.7. The molecule has 1 heterocycles. The van der Waals surface area contributed by atoms with Crippen molar-refractivity contribution < 1.29 is 9.59 Å². The van der Waals surface area contributed by atoms with Crippen LogP contribution < -0.4 is 10.6 Å². The summed E-state index contributed by atoms with van der Waals surface area (Å²) in [6.07, 6.45) is 0. The number of nitrogens with zero attached hydrogens (tertiary/aromatic N) is 1. The number of carbonyl (C=O) groups is 2. The Kier molecular flexibility index (Phi) is 6.57. The van der Waals surface area contributed by atoms with Crippen LogP contribution in [0.2, 0.25) is 0 Å². The molecule has 0 fully saturated rings. The minimum absolute atomic E-state index is 0.0921. The lowest BCUT2D eigenvalue weighted by Gasteiger charge is -2.25. The van der Waals surface area contributed by atoms with Crippen LogP contribution in [-0.4, -0.2) is 37.4 Å². The molecule has 6 heteroatoms. The van der Waals surface area contributed by atoms with E-state index in [1.165, 1.54) is 11.3 Å². The molecule has 2 amide bonds. The van der Waals surface area contributed by atoms with Crippen molar-refractivity contribution in [3.8, 4) is 0 Å². The van der Waals surface area contributed by atoms with Crippen LogP contribution in [0.4, 0.5) is 5.69 Å². The fourth-order valence-corrected chi connectivity index (χ4v) is 3.49. The molecule has 0 aliphatic rings. The predicted molar refractivity (Wildman–Crippen MR) is 114 cm³/mol. The van der Waals surface area contributed by atoms with E-state index in [-0.39, 0.29) is 17.9 Å². The number of benzene rings is 2.